The number of alkyl halides is 3. The predicted molar refractivity (Wildman–Crippen MR) is 144 cm³/mol. The lowest BCUT2D eigenvalue weighted by Gasteiger charge is -2.25. The molecular formula is C26H21F3N8O4S. The van der Waals surface area contributed by atoms with Crippen molar-refractivity contribution in [3.63, 3.8) is 0 Å². The van der Waals surface area contributed by atoms with Crippen LogP contribution in [0.25, 0.3) is 11.1 Å². The van der Waals surface area contributed by atoms with Crippen LogP contribution in [0.4, 0.5) is 18.9 Å². The van der Waals surface area contributed by atoms with Gasteiger partial charge >= 0.3 is 5.51 Å². The number of tetrazole rings is 1. The minimum atomic E-state index is -5.60. The van der Waals surface area contributed by atoms with Gasteiger partial charge in [-0.05, 0) is 40.3 Å². The number of amides is 1. The zero-order valence-electron chi connectivity index (χ0n) is 21.4. The van der Waals surface area contributed by atoms with E-state index in [9.17, 15) is 26.4 Å². The summed E-state index contributed by atoms with van der Waals surface area (Å²) in [6.45, 7) is -0.119. The standard InChI is InChI=1S/C26H21F3N8O4S/c27-26(28,29)42(39,40)22-7-2-1-6-20(22)16-8-10-19(11-9-16)33-24(38)25(14-37-15-32-35-36-37)13-21(34-41-25)17-4-3-5-18(12-17)23(30)31/h1-12,15H,13-14H2,(H3,30,31)(H,33,38). The summed E-state index contributed by atoms with van der Waals surface area (Å²) >= 11 is 0. The molecular weight excluding hydrogens is 577 g/mol. The molecule has 0 aliphatic carbocycles. The SMILES string of the molecule is N=C(N)c1cccc(C2=NOC(Cn3cnnn3)(C(=O)Nc3ccc(-c4ccccc4S(=O)(=O)C(F)(F)F)cc3)C2)c1. The summed E-state index contributed by atoms with van der Waals surface area (Å²) < 4.78 is 65.3. The lowest BCUT2D eigenvalue weighted by atomic mass is 9.92. The fourth-order valence-corrected chi connectivity index (χ4v) is 5.32. The molecule has 0 spiro atoms. The van der Waals surface area contributed by atoms with Crippen LogP contribution in [-0.4, -0.2) is 57.2 Å². The van der Waals surface area contributed by atoms with Gasteiger partial charge in [-0.15, -0.1) is 5.10 Å². The number of hydrogen-bond acceptors (Lipinski definition) is 9. The first kappa shape index (κ1) is 28.4. The Morgan fingerprint density at radius 3 is 2.48 bits per heavy atom. The van der Waals surface area contributed by atoms with Crippen molar-refractivity contribution >= 4 is 33.0 Å². The van der Waals surface area contributed by atoms with Crippen LogP contribution in [0.15, 0.2) is 89.2 Å². The molecule has 0 saturated carbocycles. The highest BCUT2D eigenvalue weighted by molar-refractivity contribution is 7.92. The molecule has 4 N–H and O–H groups in total. The van der Waals surface area contributed by atoms with Crippen molar-refractivity contribution in [3.8, 4) is 11.1 Å². The molecule has 4 aromatic rings. The molecule has 0 bridgehead atoms. The summed E-state index contributed by atoms with van der Waals surface area (Å²) in [6, 6.07) is 17.1. The maximum atomic E-state index is 13.6. The molecule has 42 heavy (non-hydrogen) atoms. The number of sulfone groups is 1. The third-order valence-corrected chi connectivity index (χ3v) is 7.99. The Bertz CT molecular complexity index is 1790. The normalized spacial score (nSPS) is 16.9. The molecule has 3 aromatic carbocycles. The fourth-order valence-electron chi connectivity index (χ4n) is 4.33. The van der Waals surface area contributed by atoms with Crippen LogP contribution in [0.2, 0.25) is 0 Å². The maximum absolute atomic E-state index is 13.6. The first-order valence-corrected chi connectivity index (χ1v) is 13.6. The molecule has 5 rings (SSSR count). The molecule has 1 aliphatic rings. The second-order valence-corrected chi connectivity index (χ2v) is 11.2. The van der Waals surface area contributed by atoms with E-state index in [0.717, 1.165) is 6.07 Å². The van der Waals surface area contributed by atoms with Crippen molar-refractivity contribution in [2.24, 2.45) is 10.9 Å². The maximum Gasteiger partial charge on any atom is 0.501 e. The average molecular weight is 599 g/mol. The molecule has 16 heteroatoms. The largest absolute Gasteiger partial charge is 0.501 e. The van der Waals surface area contributed by atoms with Crippen molar-refractivity contribution in [1.82, 2.24) is 20.2 Å². The van der Waals surface area contributed by atoms with E-state index in [1.807, 2.05) is 0 Å². The molecule has 12 nitrogen and oxygen atoms in total. The number of nitrogens with two attached hydrogens (primary N) is 1. The smallest absolute Gasteiger partial charge is 0.384 e. The Hall–Kier alpha value is -5.12. The highest BCUT2D eigenvalue weighted by Gasteiger charge is 2.49. The Labute approximate surface area is 236 Å². The van der Waals surface area contributed by atoms with Gasteiger partial charge in [0.1, 0.15) is 12.2 Å². The Kier molecular flexibility index (Phi) is 7.24. The number of carbonyl (C=O) groups is 1. The van der Waals surface area contributed by atoms with Crippen LogP contribution in [0.5, 0.6) is 0 Å². The number of nitrogens with one attached hydrogen (secondary N) is 2. The van der Waals surface area contributed by atoms with Crippen molar-refractivity contribution < 1.29 is 31.2 Å². The number of benzene rings is 3. The monoisotopic (exact) mass is 598 g/mol. The van der Waals surface area contributed by atoms with Gasteiger partial charge in [0.05, 0.1) is 17.2 Å². The summed E-state index contributed by atoms with van der Waals surface area (Å²) in [4.78, 5) is 18.4. The van der Waals surface area contributed by atoms with E-state index in [1.165, 1.54) is 53.5 Å². The Morgan fingerprint density at radius 1 is 1.07 bits per heavy atom. The summed E-state index contributed by atoms with van der Waals surface area (Å²) in [6.07, 6.45) is 1.30. The number of carbonyl (C=O) groups excluding carboxylic acids is 1. The average Bonchev–Trinajstić information content (AvgIpc) is 3.64. The number of rotatable bonds is 8. The van der Waals surface area contributed by atoms with Crippen LogP contribution < -0.4 is 11.1 Å². The molecule has 2 heterocycles. The first-order chi connectivity index (χ1) is 19.9. The van der Waals surface area contributed by atoms with E-state index < -0.39 is 31.7 Å². The van der Waals surface area contributed by atoms with E-state index in [-0.39, 0.29) is 35.6 Å². The zero-order chi connectivity index (χ0) is 30.1. The van der Waals surface area contributed by atoms with Crippen LogP contribution in [0.3, 0.4) is 0 Å². The fraction of sp³-hybridized carbons (Fsp3) is 0.154. The summed E-state index contributed by atoms with van der Waals surface area (Å²) in [7, 11) is -5.60. The van der Waals surface area contributed by atoms with Gasteiger partial charge in [-0.3, -0.25) is 10.2 Å². The van der Waals surface area contributed by atoms with Crippen LogP contribution >= 0.6 is 0 Å². The Morgan fingerprint density at radius 2 is 1.81 bits per heavy atom. The highest BCUT2D eigenvalue weighted by Crippen LogP contribution is 2.37. The van der Waals surface area contributed by atoms with Gasteiger partial charge in [0.2, 0.25) is 5.60 Å². The minimum Gasteiger partial charge on any atom is -0.384 e. The van der Waals surface area contributed by atoms with Crippen molar-refractivity contribution in [2.75, 3.05) is 5.32 Å². The van der Waals surface area contributed by atoms with Gasteiger partial charge in [0.15, 0.2) is 0 Å². The zero-order valence-corrected chi connectivity index (χ0v) is 22.2. The van der Waals surface area contributed by atoms with E-state index in [0.29, 0.717) is 16.8 Å². The summed E-state index contributed by atoms with van der Waals surface area (Å²) in [5.41, 5.74) is 0.296. The summed E-state index contributed by atoms with van der Waals surface area (Å²) in [5, 5.41) is 25.5. The number of hydrogen-bond donors (Lipinski definition) is 3. The number of aromatic nitrogens is 4. The lowest BCUT2D eigenvalue weighted by Crippen LogP contribution is -2.47. The number of halogens is 3. The topological polar surface area (TPSA) is 178 Å². The van der Waals surface area contributed by atoms with Crippen molar-refractivity contribution in [2.45, 2.75) is 29.0 Å². The van der Waals surface area contributed by atoms with E-state index in [4.69, 9.17) is 16.0 Å². The van der Waals surface area contributed by atoms with Gasteiger partial charge in [-0.25, -0.2) is 13.1 Å². The molecule has 1 aromatic heterocycles. The van der Waals surface area contributed by atoms with Gasteiger partial charge in [-0.1, -0.05) is 53.7 Å². The van der Waals surface area contributed by atoms with E-state index in [2.05, 4.69) is 26.0 Å². The lowest BCUT2D eigenvalue weighted by molar-refractivity contribution is -0.140. The molecule has 1 atom stereocenters. The second-order valence-electron chi connectivity index (χ2n) is 9.28. The molecule has 216 valence electrons. The third-order valence-electron chi connectivity index (χ3n) is 6.45. The highest BCUT2D eigenvalue weighted by atomic mass is 32.2. The number of nitrogens with zero attached hydrogens (tertiary/aromatic N) is 5. The Balaban J connectivity index is 1.40. The molecule has 1 unspecified atom stereocenters. The second kappa shape index (κ2) is 10.7. The van der Waals surface area contributed by atoms with E-state index in [1.54, 1.807) is 24.3 Å². The summed E-state index contributed by atoms with van der Waals surface area (Å²) in [5.74, 6) is -0.761. The van der Waals surface area contributed by atoms with Crippen LogP contribution in [-0.2, 0) is 26.0 Å². The van der Waals surface area contributed by atoms with Crippen molar-refractivity contribution in [1.29, 1.82) is 5.41 Å². The van der Waals surface area contributed by atoms with Crippen molar-refractivity contribution in [3.05, 3.63) is 90.3 Å². The van der Waals surface area contributed by atoms with Gasteiger partial charge < -0.3 is 15.9 Å². The van der Waals surface area contributed by atoms with Crippen LogP contribution in [0, 0.1) is 5.41 Å². The van der Waals surface area contributed by atoms with Gasteiger partial charge in [0.25, 0.3) is 15.7 Å². The quantitative estimate of drug-likeness (QED) is 0.205. The third kappa shape index (κ3) is 5.43. The van der Waals surface area contributed by atoms with Gasteiger partial charge in [0, 0.05) is 28.8 Å². The first-order valence-electron chi connectivity index (χ1n) is 12.1. The molecule has 1 amide bonds. The molecule has 1 aliphatic heterocycles. The number of anilines is 1. The molecule has 0 saturated heterocycles. The molecule has 0 fully saturated rings. The minimum absolute atomic E-state index is 0.000806. The predicted octanol–water partition coefficient (Wildman–Crippen LogP) is 3.12. The van der Waals surface area contributed by atoms with E-state index >= 15 is 0 Å². The molecule has 0 radical (unpaired) electrons. The number of amidine groups is 1. The number of oxime groups is 1. The number of nitrogen functional groups attached to an aromatic ring is 1. The van der Waals surface area contributed by atoms with Crippen LogP contribution in [0.1, 0.15) is 17.5 Å². The van der Waals surface area contributed by atoms with Gasteiger partial charge in [-0.2, -0.15) is 13.2 Å².